The van der Waals surface area contributed by atoms with Crippen molar-refractivity contribution in [3.8, 4) is 11.1 Å². The molecule has 35 heavy (non-hydrogen) atoms. The van der Waals surface area contributed by atoms with Crippen LogP contribution in [0.2, 0.25) is 0 Å². The maximum Gasteiger partial charge on any atom is 0.411 e. The van der Waals surface area contributed by atoms with E-state index in [0.717, 1.165) is 22.3 Å². The zero-order valence-electron chi connectivity index (χ0n) is 19.1. The number of anilines is 1. The largest absolute Gasteiger partial charge is 0.480 e. The van der Waals surface area contributed by atoms with Gasteiger partial charge in [0.2, 0.25) is 0 Å². The van der Waals surface area contributed by atoms with Crippen molar-refractivity contribution >= 4 is 23.7 Å². The maximum atomic E-state index is 12.4. The number of carbonyl (C=O) groups excluding carboxylic acids is 2. The highest BCUT2D eigenvalue weighted by Gasteiger charge is 2.29. The summed E-state index contributed by atoms with van der Waals surface area (Å²) in [5, 5.41) is 14.4. The molecule has 0 radical (unpaired) electrons. The summed E-state index contributed by atoms with van der Waals surface area (Å²) in [6.07, 6.45) is 1.73. The predicted molar refractivity (Wildman–Crippen MR) is 133 cm³/mol. The molecule has 0 aromatic heterocycles. The van der Waals surface area contributed by atoms with Crippen LogP contribution in [-0.2, 0) is 9.53 Å². The monoisotopic (exact) mass is 470 g/mol. The third-order valence-corrected chi connectivity index (χ3v) is 6.00. The van der Waals surface area contributed by atoms with E-state index in [1.165, 1.54) is 12.1 Å². The first-order chi connectivity index (χ1) is 17.0. The molecule has 178 valence electrons. The molecule has 0 spiro atoms. The second kappa shape index (κ2) is 10.7. The highest BCUT2D eigenvalue weighted by Crippen LogP contribution is 2.44. The molecule has 0 saturated heterocycles. The first kappa shape index (κ1) is 23.8. The number of amides is 2. The molecule has 3 aromatic carbocycles. The van der Waals surface area contributed by atoms with Crippen molar-refractivity contribution < 1.29 is 24.2 Å². The third kappa shape index (κ3) is 5.41. The Morgan fingerprint density at radius 2 is 1.54 bits per heavy atom. The van der Waals surface area contributed by atoms with Crippen LogP contribution < -0.4 is 10.6 Å². The fourth-order valence-electron chi connectivity index (χ4n) is 4.24. The molecule has 0 bridgehead atoms. The Balaban J connectivity index is 1.34. The van der Waals surface area contributed by atoms with Crippen molar-refractivity contribution in [2.75, 3.05) is 11.9 Å². The van der Waals surface area contributed by atoms with Crippen molar-refractivity contribution in [1.82, 2.24) is 5.32 Å². The van der Waals surface area contributed by atoms with Gasteiger partial charge in [0.25, 0.3) is 5.91 Å². The molecule has 7 heteroatoms. The van der Waals surface area contributed by atoms with Crippen molar-refractivity contribution in [3.05, 3.63) is 102 Å². The lowest BCUT2D eigenvalue weighted by molar-refractivity contribution is -0.139. The summed E-state index contributed by atoms with van der Waals surface area (Å²) in [6.45, 7) is 3.76. The van der Waals surface area contributed by atoms with Crippen LogP contribution in [0.15, 0.2) is 85.5 Å². The maximum absolute atomic E-state index is 12.4. The summed E-state index contributed by atoms with van der Waals surface area (Å²) in [5.41, 5.74) is 5.31. The van der Waals surface area contributed by atoms with E-state index in [9.17, 15) is 19.5 Å². The fraction of sp³-hybridized carbons (Fsp3) is 0.179. The normalized spacial score (nSPS) is 12.7. The summed E-state index contributed by atoms with van der Waals surface area (Å²) >= 11 is 0. The standard InChI is InChI=1S/C28H26N2O5/c1-2-3-12-25(27(32)33)30-26(31)18-13-15-19(16-14-18)29-28(34)35-17-24-22-10-6-4-8-20(22)21-9-5-7-11-23(21)24/h2,4-11,13-16,24-25H,1,3,12,17H2,(H,29,34)(H,30,31)(H,32,33). The van der Waals surface area contributed by atoms with Crippen LogP contribution in [0.4, 0.5) is 10.5 Å². The number of carboxylic acid groups (broad SMARTS) is 1. The Bertz CT molecular complexity index is 1210. The lowest BCUT2D eigenvalue weighted by Gasteiger charge is -2.15. The van der Waals surface area contributed by atoms with E-state index in [1.54, 1.807) is 18.2 Å². The number of nitrogens with one attached hydrogen (secondary N) is 2. The van der Waals surface area contributed by atoms with Gasteiger partial charge in [0.05, 0.1) is 0 Å². The second-order valence-corrected chi connectivity index (χ2v) is 8.26. The molecule has 4 rings (SSSR count). The van der Waals surface area contributed by atoms with Gasteiger partial charge in [0.1, 0.15) is 12.6 Å². The quantitative estimate of drug-likeness (QED) is 0.373. The minimum absolute atomic E-state index is 0.0394. The number of rotatable bonds is 9. The number of carboxylic acids is 1. The van der Waals surface area contributed by atoms with E-state index in [4.69, 9.17) is 4.74 Å². The Kier molecular flexibility index (Phi) is 7.26. The SMILES string of the molecule is C=CCCC(NC(=O)c1ccc(NC(=O)OCC2c3ccccc3-c3ccccc32)cc1)C(=O)O. The van der Waals surface area contributed by atoms with Crippen LogP contribution in [0, 0.1) is 0 Å². The molecule has 0 heterocycles. The van der Waals surface area contributed by atoms with Gasteiger partial charge in [-0.1, -0.05) is 54.6 Å². The van der Waals surface area contributed by atoms with Gasteiger partial charge < -0.3 is 15.2 Å². The number of hydrogen-bond donors (Lipinski definition) is 3. The van der Waals surface area contributed by atoms with Crippen LogP contribution in [0.1, 0.15) is 40.2 Å². The topological polar surface area (TPSA) is 105 Å². The van der Waals surface area contributed by atoms with Gasteiger partial charge in [-0.25, -0.2) is 9.59 Å². The Morgan fingerprint density at radius 3 is 2.11 bits per heavy atom. The molecule has 2 amide bonds. The summed E-state index contributed by atoms with van der Waals surface area (Å²) in [4.78, 5) is 36.2. The van der Waals surface area contributed by atoms with Crippen LogP contribution in [0.25, 0.3) is 11.1 Å². The Morgan fingerprint density at radius 1 is 0.943 bits per heavy atom. The van der Waals surface area contributed by atoms with Crippen LogP contribution in [0.3, 0.4) is 0 Å². The Labute approximate surface area is 203 Å². The average molecular weight is 471 g/mol. The highest BCUT2D eigenvalue weighted by atomic mass is 16.5. The summed E-state index contributed by atoms with van der Waals surface area (Å²) in [6, 6.07) is 21.4. The number of carbonyl (C=O) groups is 3. The van der Waals surface area contributed by atoms with E-state index in [2.05, 4.69) is 41.5 Å². The fourth-order valence-corrected chi connectivity index (χ4v) is 4.24. The second-order valence-electron chi connectivity index (χ2n) is 8.26. The van der Waals surface area contributed by atoms with Gasteiger partial charge >= 0.3 is 12.1 Å². The average Bonchev–Trinajstić information content (AvgIpc) is 3.19. The molecule has 7 nitrogen and oxygen atoms in total. The van der Waals surface area contributed by atoms with Crippen molar-refractivity contribution in [2.24, 2.45) is 0 Å². The Hall–Kier alpha value is -4.39. The molecule has 1 unspecified atom stereocenters. The molecule has 0 saturated carbocycles. The smallest absolute Gasteiger partial charge is 0.411 e. The lowest BCUT2D eigenvalue weighted by atomic mass is 9.98. The zero-order valence-corrected chi connectivity index (χ0v) is 19.1. The molecule has 3 aromatic rings. The number of ether oxygens (including phenoxy) is 1. The van der Waals surface area contributed by atoms with E-state index in [0.29, 0.717) is 12.1 Å². The van der Waals surface area contributed by atoms with E-state index < -0.39 is 24.0 Å². The molecular formula is C28H26N2O5. The molecule has 0 aliphatic heterocycles. The lowest BCUT2D eigenvalue weighted by Crippen LogP contribution is -2.40. The number of benzene rings is 3. The van der Waals surface area contributed by atoms with Gasteiger partial charge in [-0.2, -0.15) is 0 Å². The van der Waals surface area contributed by atoms with Gasteiger partial charge in [0, 0.05) is 17.2 Å². The molecule has 3 N–H and O–H groups in total. The van der Waals surface area contributed by atoms with Crippen molar-refractivity contribution in [1.29, 1.82) is 0 Å². The number of hydrogen-bond acceptors (Lipinski definition) is 4. The summed E-state index contributed by atoms with van der Waals surface area (Å²) in [7, 11) is 0. The molecule has 0 fully saturated rings. The number of aliphatic carboxylic acids is 1. The van der Waals surface area contributed by atoms with Crippen LogP contribution >= 0.6 is 0 Å². The highest BCUT2D eigenvalue weighted by molar-refractivity contribution is 5.97. The first-order valence-corrected chi connectivity index (χ1v) is 11.3. The van der Waals surface area contributed by atoms with Gasteiger partial charge in [-0.05, 0) is 59.4 Å². The summed E-state index contributed by atoms with van der Waals surface area (Å²) < 4.78 is 5.54. The minimum Gasteiger partial charge on any atom is -0.480 e. The van der Waals surface area contributed by atoms with Crippen LogP contribution in [0.5, 0.6) is 0 Å². The van der Waals surface area contributed by atoms with E-state index in [-0.39, 0.29) is 24.5 Å². The van der Waals surface area contributed by atoms with Gasteiger partial charge in [-0.3, -0.25) is 10.1 Å². The van der Waals surface area contributed by atoms with E-state index in [1.807, 2.05) is 24.3 Å². The number of allylic oxidation sites excluding steroid dienone is 1. The van der Waals surface area contributed by atoms with E-state index >= 15 is 0 Å². The summed E-state index contributed by atoms with van der Waals surface area (Å²) in [5.74, 6) is -1.65. The third-order valence-electron chi connectivity index (χ3n) is 6.00. The van der Waals surface area contributed by atoms with Gasteiger partial charge in [0.15, 0.2) is 0 Å². The predicted octanol–water partition coefficient (Wildman–Crippen LogP) is 5.20. The van der Waals surface area contributed by atoms with Crippen molar-refractivity contribution in [2.45, 2.75) is 24.8 Å². The molecule has 1 aliphatic rings. The minimum atomic E-state index is -1.10. The van der Waals surface area contributed by atoms with Crippen LogP contribution in [-0.4, -0.2) is 35.7 Å². The van der Waals surface area contributed by atoms with Crippen molar-refractivity contribution in [3.63, 3.8) is 0 Å². The molecular weight excluding hydrogens is 444 g/mol. The zero-order chi connectivity index (χ0) is 24.8. The van der Waals surface area contributed by atoms with Gasteiger partial charge in [-0.15, -0.1) is 6.58 Å². The first-order valence-electron chi connectivity index (χ1n) is 11.3. The molecule has 1 atom stereocenters. The number of fused-ring (bicyclic) bond motifs is 3. The molecule has 1 aliphatic carbocycles.